The largest absolute Gasteiger partial charge is 0.461 e. The summed E-state index contributed by atoms with van der Waals surface area (Å²) in [7, 11) is 0. The molecule has 0 saturated heterocycles. The molecule has 0 aliphatic rings. The number of esters is 1. The van der Waals surface area contributed by atoms with E-state index in [0.717, 1.165) is 22.5 Å². The number of hydrogen-bond acceptors (Lipinski definition) is 2. The Balaban J connectivity index is 1.57. The fourth-order valence-corrected chi connectivity index (χ4v) is 2.47. The highest BCUT2D eigenvalue weighted by Gasteiger charge is 2.11. The van der Waals surface area contributed by atoms with Crippen LogP contribution in [0.1, 0.15) is 17.5 Å². The van der Waals surface area contributed by atoms with Crippen molar-refractivity contribution in [1.82, 2.24) is 4.98 Å². The maximum Gasteiger partial charge on any atom is 0.306 e. The van der Waals surface area contributed by atoms with Crippen molar-refractivity contribution in [1.29, 1.82) is 0 Å². The van der Waals surface area contributed by atoms with Gasteiger partial charge >= 0.3 is 5.97 Å². The third-order valence-corrected chi connectivity index (χ3v) is 3.69. The third kappa shape index (κ3) is 3.39. The highest BCUT2D eigenvalue weighted by molar-refractivity contribution is 5.83. The SMILES string of the molecule is O=C(CCc1c[nH]c2ccccc12)OCc1cccc(F)c1F. The number of rotatable bonds is 5. The highest BCUT2D eigenvalue weighted by atomic mass is 19.2. The molecule has 0 spiro atoms. The monoisotopic (exact) mass is 315 g/mol. The molecule has 3 nitrogen and oxygen atoms in total. The first-order valence-corrected chi connectivity index (χ1v) is 7.28. The van der Waals surface area contributed by atoms with E-state index in [1.54, 1.807) is 0 Å². The van der Waals surface area contributed by atoms with Crippen LogP contribution in [0.3, 0.4) is 0 Å². The summed E-state index contributed by atoms with van der Waals surface area (Å²) < 4.78 is 31.6. The van der Waals surface area contributed by atoms with Crippen molar-refractivity contribution < 1.29 is 18.3 Å². The Hall–Kier alpha value is -2.69. The first-order valence-electron chi connectivity index (χ1n) is 7.28. The lowest BCUT2D eigenvalue weighted by molar-refractivity contribution is -0.145. The van der Waals surface area contributed by atoms with Gasteiger partial charge in [-0.2, -0.15) is 0 Å². The fraction of sp³-hybridized carbons (Fsp3) is 0.167. The van der Waals surface area contributed by atoms with Crippen molar-refractivity contribution in [2.45, 2.75) is 19.4 Å². The maximum absolute atomic E-state index is 13.5. The van der Waals surface area contributed by atoms with Crippen LogP contribution in [0.25, 0.3) is 10.9 Å². The second kappa shape index (κ2) is 6.60. The fourth-order valence-electron chi connectivity index (χ4n) is 2.47. The second-order valence-corrected chi connectivity index (χ2v) is 5.23. The van der Waals surface area contributed by atoms with Gasteiger partial charge in [-0.25, -0.2) is 8.78 Å². The van der Waals surface area contributed by atoms with Gasteiger partial charge in [0.05, 0.1) is 0 Å². The molecule has 1 heterocycles. The van der Waals surface area contributed by atoms with Gasteiger partial charge in [-0.05, 0) is 24.1 Å². The number of nitrogens with one attached hydrogen (secondary N) is 1. The number of para-hydroxylation sites is 1. The molecule has 0 aliphatic carbocycles. The predicted octanol–water partition coefficient (Wildman–Crippen LogP) is 4.12. The van der Waals surface area contributed by atoms with Crippen LogP contribution in [0.15, 0.2) is 48.7 Å². The minimum atomic E-state index is -0.975. The summed E-state index contributed by atoms with van der Waals surface area (Å²) in [6.07, 6.45) is 2.57. The molecule has 1 N–H and O–H groups in total. The van der Waals surface area contributed by atoms with E-state index >= 15 is 0 Å². The van der Waals surface area contributed by atoms with Crippen LogP contribution in [-0.4, -0.2) is 11.0 Å². The molecule has 23 heavy (non-hydrogen) atoms. The average molecular weight is 315 g/mol. The molecule has 0 atom stereocenters. The van der Waals surface area contributed by atoms with E-state index in [1.807, 2.05) is 30.5 Å². The zero-order chi connectivity index (χ0) is 16.2. The number of aryl methyl sites for hydroxylation is 1. The number of H-pyrrole nitrogens is 1. The lowest BCUT2D eigenvalue weighted by Gasteiger charge is -2.06. The Morgan fingerprint density at radius 2 is 1.87 bits per heavy atom. The molecule has 0 fully saturated rings. The molecule has 118 valence electrons. The first-order chi connectivity index (χ1) is 11.1. The molecular weight excluding hydrogens is 300 g/mol. The molecule has 0 unspecified atom stereocenters. The summed E-state index contributed by atoms with van der Waals surface area (Å²) in [5, 5.41) is 1.07. The van der Waals surface area contributed by atoms with Gasteiger partial charge in [-0.3, -0.25) is 4.79 Å². The summed E-state index contributed by atoms with van der Waals surface area (Å²) in [6.45, 7) is -0.268. The molecule has 3 aromatic rings. The molecule has 0 radical (unpaired) electrons. The maximum atomic E-state index is 13.5. The molecule has 0 saturated carbocycles. The molecule has 0 bridgehead atoms. The Morgan fingerprint density at radius 1 is 1.04 bits per heavy atom. The Bertz CT molecular complexity index is 842. The van der Waals surface area contributed by atoms with Crippen molar-refractivity contribution >= 4 is 16.9 Å². The number of aromatic nitrogens is 1. The Morgan fingerprint density at radius 3 is 2.74 bits per heavy atom. The van der Waals surface area contributed by atoms with Crippen LogP contribution >= 0.6 is 0 Å². The van der Waals surface area contributed by atoms with Gasteiger partial charge in [0.2, 0.25) is 0 Å². The average Bonchev–Trinajstić information content (AvgIpc) is 2.97. The molecular formula is C18H15F2NO2. The van der Waals surface area contributed by atoms with Crippen molar-refractivity contribution in [3.05, 3.63) is 71.4 Å². The zero-order valence-corrected chi connectivity index (χ0v) is 12.3. The smallest absolute Gasteiger partial charge is 0.306 e. The van der Waals surface area contributed by atoms with Gasteiger partial charge in [0.25, 0.3) is 0 Å². The van der Waals surface area contributed by atoms with Crippen molar-refractivity contribution in [3.8, 4) is 0 Å². The van der Waals surface area contributed by atoms with Crippen LogP contribution in [0.4, 0.5) is 8.78 Å². The number of halogens is 2. The van der Waals surface area contributed by atoms with Crippen LogP contribution in [0, 0.1) is 11.6 Å². The number of carbonyl (C=O) groups is 1. The Kier molecular flexibility index (Phi) is 4.37. The third-order valence-electron chi connectivity index (χ3n) is 3.69. The summed E-state index contributed by atoms with van der Waals surface area (Å²) in [5.74, 6) is -2.37. The number of hydrogen-bond donors (Lipinski definition) is 1. The quantitative estimate of drug-likeness (QED) is 0.720. The molecule has 1 aromatic heterocycles. The standard InChI is InChI=1S/C18H15F2NO2/c19-15-6-3-4-13(18(15)20)11-23-17(22)9-8-12-10-21-16-7-2-1-5-14(12)16/h1-7,10,21H,8-9,11H2. The minimum absolute atomic E-state index is 0.0328. The summed E-state index contributed by atoms with van der Waals surface area (Å²) in [6, 6.07) is 11.6. The van der Waals surface area contributed by atoms with Crippen molar-refractivity contribution in [3.63, 3.8) is 0 Å². The van der Waals surface area contributed by atoms with E-state index in [9.17, 15) is 13.6 Å². The van der Waals surface area contributed by atoms with Crippen LogP contribution in [0.5, 0.6) is 0 Å². The van der Waals surface area contributed by atoms with E-state index < -0.39 is 17.6 Å². The van der Waals surface area contributed by atoms with Crippen molar-refractivity contribution in [2.75, 3.05) is 0 Å². The number of fused-ring (bicyclic) bond motifs is 1. The van der Waals surface area contributed by atoms with Gasteiger partial charge in [0, 0.05) is 29.1 Å². The van der Waals surface area contributed by atoms with Crippen LogP contribution < -0.4 is 0 Å². The number of ether oxygens (including phenoxy) is 1. The number of benzene rings is 2. The molecule has 3 rings (SSSR count). The van der Waals surface area contributed by atoms with Gasteiger partial charge in [0.15, 0.2) is 11.6 Å². The van der Waals surface area contributed by atoms with Crippen LogP contribution in [-0.2, 0) is 22.6 Å². The van der Waals surface area contributed by atoms with Gasteiger partial charge in [-0.15, -0.1) is 0 Å². The Labute approximate surface area is 131 Å². The predicted molar refractivity (Wildman–Crippen MR) is 82.8 cm³/mol. The van der Waals surface area contributed by atoms with E-state index in [4.69, 9.17) is 4.74 Å². The highest BCUT2D eigenvalue weighted by Crippen LogP contribution is 2.19. The van der Waals surface area contributed by atoms with Crippen LogP contribution in [0.2, 0.25) is 0 Å². The van der Waals surface area contributed by atoms with Crippen molar-refractivity contribution in [2.24, 2.45) is 0 Å². The molecule has 0 amide bonds. The lowest BCUT2D eigenvalue weighted by atomic mass is 10.1. The van der Waals surface area contributed by atoms with Gasteiger partial charge < -0.3 is 9.72 Å². The summed E-state index contributed by atoms with van der Waals surface area (Å²) in [4.78, 5) is 14.9. The molecule has 0 aliphatic heterocycles. The molecule has 2 aromatic carbocycles. The minimum Gasteiger partial charge on any atom is -0.461 e. The van der Waals surface area contributed by atoms with E-state index in [-0.39, 0.29) is 18.6 Å². The van der Waals surface area contributed by atoms with E-state index in [1.165, 1.54) is 12.1 Å². The number of aromatic amines is 1. The topological polar surface area (TPSA) is 42.1 Å². The molecule has 5 heteroatoms. The zero-order valence-electron chi connectivity index (χ0n) is 12.3. The van der Waals surface area contributed by atoms with E-state index in [2.05, 4.69) is 4.98 Å². The van der Waals surface area contributed by atoms with E-state index in [0.29, 0.717) is 6.42 Å². The first kappa shape index (κ1) is 15.2. The summed E-state index contributed by atoms with van der Waals surface area (Å²) >= 11 is 0. The lowest BCUT2D eigenvalue weighted by Crippen LogP contribution is -2.07. The normalized spacial score (nSPS) is 10.9. The number of carbonyl (C=O) groups excluding carboxylic acids is 1. The summed E-state index contributed by atoms with van der Waals surface area (Å²) in [5.41, 5.74) is 2.07. The van der Waals surface area contributed by atoms with Gasteiger partial charge in [-0.1, -0.05) is 30.3 Å². The van der Waals surface area contributed by atoms with Gasteiger partial charge in [0.1, 0.15) is 6.61 Å². The second-order valence-electron chi connectivity index (χ2n) is 5.23.